The lowest BCUT2D eigenvalue weighted by Gasteiger charge is -2.25. The number of rotatable bonds is 5. The first-order valence-corrected chi connectivity index (χ1v) is 6.79. The molecule has 0 saturated carbocycles. The minimum Gasteiger partial charge on any atom is -0.368 e. The molecule has 1 aromatic carbocycles. The number of nitrogens with one attached hydrogen (secondary N) is 1. The summed E-state index contributed by atoms with van der Waals surface area (Å²) in [6.07, 6.45) is 0.211. The van der Waals surface area contributed by atoms with Gasteiger partial charge in [0.25, 0.3) is 0 Å². The number of halogens is 1. The molecule has 18 heavy (non-hydrogen) atoms. The number of sulfonamides is 1. The Morgan fingerprint density at radius 1 is 1.39 bits per heavy atom. The van der Waals surface area contributed by atoms with E-state index in [0.29, 0.717) is 0 Å². The number of benzene rings is 1. The van der Waals surface area contributed by atoms with Crippen LogP contribution in [-0.4, -0.2) is 19.9 Å². The molecule has 3 N–H and O–H groups in total. The van der Waals surface area contributed by atoms with Crippen LogP contribution in [0.1, 0.15) is 20.3 Å². The molecular weight excluding hydrogens is 259 g/mol. The van der Waals surface area contributed by atoms with Crippen molar-refractivity contribution in [1.29, 1.82) is 0 Å². The Hall–Kier alpha value is -1.47. The quantitative estimate of drug-likeness (QED) is 0.830. The molecule has 0 aliphatic heterocycles. The second-order valence-electron chi connectivity index (χ2n) is 4.11. The topological polar surface area (TPSA) is 89.3 Å². The van der Waals surface area contributed by atoms with E-state index in [1.165, 1.54) is 6.92 Å². The number of carbonyl (C=O) groups is 1. The van der Waals surface area contributed by atoms with Crippen molar-refractivity contribution in [2.75, 3.05) is 0 Å². The smallest absolute Gasteiger partial charge is 0.241 e. The predicted octanol–water partition coefficient (Wildman–Crippen LogP) is 0.758. The number of nitrogens with two attached hydrogens (primary N) is 1. The van der Waals surface area contributed by atoms with Crippen molar-refractivity contribution < 1.29 is 17.6 Å². The van der Waals surface area contributed by atoms with E-state index in [4.69, 9.17) is 5.73 Å². The molecule has 0 aliphatic rings. The van der Waals surface area contributed by atoms with E-state index in [2.05, 4.69) is 4.72 Å². The average molecular weight is 274 g/mol. The highest BCUT2D eigenvalue weighted by atomic mass is 32.2. The SMILES string of the molecule is CCC(C)(NS(=O)(=O)c1ccc(F)cc1)C(N)=O. The lowest BCUT2D eigenvalue weighted by Crippen LogP contribution is -2.54. The Morgan fingerprint density at radius 3 is 2.28 bits per heavy atom. The molecule has 0 saturated heterocycles. The first-order valence-electron chi connectivity index (χ1n) is 5.31. The first-order chi connectivity index (χ1) is 8.21. The summed E-state index contributed by atoms with van der Waals surface area (Å²) in [4.78, 5) is 11.1. The fourth-order valence-corrected chi connectivity index (χ4v) is 2.72. The van der Waals surface area contributed by atoms with Crippen LogP contribution in [0.5, 0.6) is 0 Å². The Bertz CT molecular complexity index is 542. The molecule has 7 heteroatoms. The highest BCUT2D eigenvalue weighted by molar-refractivity contribution is 7.89. The Morgan fingerprint density at radius 2 is 1.89 bits per heavy atom. The van der Waals surface area contributed by atoms with Gasteiger partial charge in [-0.1, -0.05) is 6.92 Å². The second kappa shape index (κ2) is 5.03. The van der Waals surface area contributed by atoms with E-state index in [-0.39, 0.29) is 11.3 Å². The van der Waals surface area contributed by atoms with E-state index in [9.17, 15) is 17.6 Å². The van der Waals surface area contributed by atoms with Crippen LogP contribution in [0.2, 0.25) is 0 Å². The molecule has 0 heterocycles. The number of hydrogen-bond acceptors (Lipinski definition) is 3. The molecule has 0 bridgehead atoms. The van der Waals surface area contributed by atoms with Crippen molar-refractivity contribution in [3.63, 3.8) is 0 Å². The third kappa shape index (κ3) is 3.05. The van der Waals surface area contributed by atoms with E-state index < -0.39 is 27.3 Å². The minimum absolute atomic E-state index is 0.121. The van der Waals surface area contributed by atoms with E-state index in [1.54, 1.807) is 6.92 Å². The van der Waals surface area contributed by atoms with E-state index in [1.807, 2.05) is 0 Å². The minimum atomic E-state index is -3.91. The van der Waals surface area contributed by atoms with Crippen LogP contribution >= 0.6 is 0 Å². The summed E-state index contributed by atoms with van der Waals surface area (Å²) in [5.74, 6) is -1.31. The molecule has 0 fully saturated rings. The van der Waals surface area contributed by atoms with Crippen LogP contribution in [0.3, 0.4) is 0 Å². The van der Waals surface area contributed by atoms with Gasteiger partial charge in [0.15, 0.2) is 0 Å². The van der Waals surface area contributed by atoms with Gasteiger partial charge < -0.3 is 5.73 Å². The summed E-state index contributed by atoms with van der Waals surface area (Å²) >= 11 is 0. The predicted molar refractivity (Wildman–Crippen MR) is 64.6 cm³/mol. The van der Waals surface area contributed by atoms with Gasteiger partial charge in [-0.25, -0.2) is 12.8 Å². The van der Waals surface area contributed by atoms with Crippen molar-refractivity contribution in [1.82, 2.24) is 4.72 Å². The fraction of sp³-hybridized carbons (Fsp3) is 0.364. The van der Waals surface area contributed by atoms with Gasteiger partial charge in [0.2, 0.25) is 15.9 Å². The zero-order chi connectivity index (χ0) is 14.0. The van der Waals surface area contributed by atoms with Gasteiger partial charge in [0, 0.05) is 0 Å². The lowest BCUT2D eigenvalue weighted by molar-refractivity contribution is -0.123. The maximum atomic E-state index is 12.7. The van der Waals surface area contributed by atoms with Crippen LogP contribution in [0, 0.1) is 5.82 Å². The third-order valence-corrected chi connectivity index (χ3v) is 4.35. The normalized spacial score (nSPS) is 15.1. The Labute approximate surface area is 105 Å². The summed E-state index contributed by atoms with van der Waals surface area (Å²) in [5, 5.41) is 0. The van der Waals surface area contributed by atoms with Crippen LogP contribution < -0.4 is 10.5 Å². The van der Waals surface area contributed by atoms with Gasteiger partial charge in [-0.05, 0) is 37.6 Å². The third-order valence-electron chi connectivity index (χ3n) is 2.73. The van der Waals surface area contributed by atoms with E-state index >= 15 is 0 Å². The molecule has 1 aromatic rings. The number of carbonyl (C=O) groups excluding carboxylic acids is 1. The Balaban J connectivity index is 3.09. The van der Waals surface area contributed by atoms with E-state index in [0.717, 1.165) is 24.3 Å². The summed E-state index contributed by atoms with van der Waals surface area (Å²) in [6.45, 7) is 3.04. The zero-order valence-electron chi connectivity index (χ0n) is 10.1. The highest BCUT2D eigenvalue weighted by Crippen LogP contribution is 2.16. The fourth-order valence-electron chi connectivity index (χ4n) is 1.27. The molecule has 1 amide bonds. The van der Waals surface area contributed by atoms with Crippen molar-refractivity contribution in [2.45, 2.75) is 30.7 Å². The zero-order valence-corrected chi connectivity index (χ0v) is 10.9. The van der Waals surface area contributed by atoms with Crippen LogP contribution in [0.15, 0.2) is 29.2 Å². The van der Waals surface area contributed by atoms with Crippen LogP contribution in [0.25, 0.3) is 0 Å². The summed E-state index contributed by atoms with van der Waals surface area (Å²) < 4.78 is 38.9. The number of primary amides is 1. The van der Waals surface area contributed by atoms with Crippen molar-refractivity contribution in [2.24, 2.45) is 5.73 Å². The molecule has 1 rings (SSSR count). The molecule has 0 radical (unpaired) electrons. The molecule has 100 valence electrons. The van der Waals surface area contributed by atoms with Gasteiger partial charge >= 0.3 is 0 Å². The van der Waals surface area contributed by atoms with Gasteiger partial charge in [0.05, 0.1) is 4.90 Å². The van der Waals surface area contributed by atoms with Gasteiger partial charge in [-0.3, -0.25) is 4.79 Å². The average Bonchev–Trinajstić information content (AvgIpc) is 2.28. The second-order valence-corrected chi connectivity index (χ2v) is 5.79. The largest absolute Gasteiger partial charge is 0.368 e. The maximum absolute atomic E-state index is 12.7. The lowest BCUT2D eigenvalue weighted by atomic mass is 10.0. The van der Waals surface area contributed by atoms with Gasteiger partial charge in [-0.15, -0.1) is 0 Å². The van der Waals surface area contributed by atoms with Crippen LogP contribution in [-0.2, 0) is 14.8 Å². The number of hydrogen-bond donors (Lipinski definition) is 2. The first kappa shape index (κ1) is 14.6. The molecule has 0 aromatic heterocycles. The highest BCUT2D eigenvalue weighted by Gasteiger charge is 2.34. The Kier molecular flexibility index (Phi) is 4.08. The molecule has 1 unspecified atom stereocenters. The van der Waals surface area contributed by atoms with Crippen molar-refractivity contribution >= 4 is 15.9 Å². The van der Waals surface area contributed by atoms with Gasteiger partial charge in [-0.2, -0.15) is 4.72 Å². The summed E-state index contributed by atoms with van der Waals surface area (Å²) in [7, 11) is -3.91. The molecule has 1 atom stereocenters. The van der Waals surface area contributed by atoms with Crippen LogP contribution in [0.4, 0.5) is 4.39 Å². The summed E-state index contributed by atoms with van der Waals surface area (Å²) in [5.41, 5.74) is 3.80. The summed E-state index contributed by atoms with van der Waals surface area (Å²) in [6, 6.07) is 4.30. The number of amides is 1. The molecule has 0 aliphatic carbocycles. The molecular formula is C11H15FN2O3S. The van der Waals surface area contributed by atoms with Gasteiger partial charge in [0.1, 0.15) is 11.4 Å². The van der Waals surface area contributed by atoms with Crippen molar-refractivity contribution in [3.8, 4) is 0 Å². The molecule has 5 nitrogen and oxygen atoms in total. The molecule has 0 spiro atoms. The monoisotopic (exact) mass is 274 g/mol. The standard InChI is InChI=1S/C11H15FN2O3S/c1-3-11(2,10(13)15)14-18(16,17)9-6-4-8(12)5-7-9/h4-7,14H,3H2,1-2H3,(H2,13,15). The van der Waals surface area contributed by atoms with Crippen molar-refractivity contribution in [3.05, 3.63) is 30.1 Å². The maximum Gasteiger partial charge on any atom is 0.241 e.